The molecule has 0 aliphatic rings. The van der Waals surface area contributed by atoms with Gasteiger partial charge in [-0.3, -0.25) is 14.4 Å². The Morgan fingerprint density at radius 1 is 0.931 bits per heavy atom. The average Bonchev–Trinajstić information content (AvgIpc) is 2.71. The van der Waals surface area contributed by atoms with Crippen LogP contribution in [0, 0.1) is 0 Å². The lowest BCUT2D eigenvalue weighted by Gasteiger charge is -2.19. The first-order valence-corrected chi connectivity index (χ1v) is 8.64. The Bertz CT molecular complexity index is 827. The summed E-state index contributed by atoms with van der Waals surface area (Å²) in [7, 11) is 0. The molecule has 2 aromatic carbocycles. The highest BCUT2D eigenvalue weighted by atomic mass is 19.4. The molecule has 0 fully saturated rings. The van der Waals surface area contributed by atoms with Gasteiger partial charge in [-0.2, -0.15) is 13.2 Å². The van der Waals surface area contributed by atoms with E-state index >= 15 is 0 Å². The van der Waals surface area contributed by atoms with Crippen LogP contribution in [0.25, 0.3) is 0 Å². The van der Waals surface area contributed by atoms with Crippen molar-refractivity contribution in [1.82, 2.24) is 10.6 Å². The molecular weight excluding hydrogens is 389 g/mol. The van der Waals surface area contributed by atoms with E-state index in [1.807, 2.05) is 0 Å². The van der Waals surface area contributed by atoms with Gasteiger partial charge in [-0.25, -0.2) is 0 Å². The summed E-state index contributed by atoms with van der Waals surface area (Å²) >= 11 is 0. The smallest absolute Gasteiger partial charge is 0.405 e. The molecular formula is C20H19F3N2O4. The number of carbonyl (C=O) groups is 3. The molecule has 2 rings (SSSR count). The molecule has 0 spiro atoms. The third-order valence-corrected chi connectivity index (χ3v) is 3.76. The molecule has 29 heavy (non-hydrogen) atoms. The fourth-order valence-electron chi connectivity index (χ4n) is 2.39. The highest BCUT2D eigenvalue weighted by Gasteiger charge is 2.28. The van der Waals surface area contributed by atoms with Crippen LogP contribution in [0.3, 0.4) is 0 Å². The monoisotopic (exact) mass is 408 g/mol. The third kappa shape index (κ3) is 8.04. The van der Waals surface area contributed by atoms with E-state index in [9.17, 15) is 27.6 Å². The summed E-state index contributed by atoms with van der Waals surface area (Å²) in [6.07, 6.45) is -4.85. The Balaban J connectivity index is 1.96. The number of benzene rings is 2. The quantitative estimate of drug-likeness (QED) is 0.658. The van der Waals surface area contributed by atoms with Crippen molar-refractivity contribution in [3.05, 3.63) is 71.8 Å². The van der Waals surface area contributed by atoms with Crippen molar-refractivity contribution in [2.24, 2.45) is 0 Å². The van der Waals surface area contributed by atoms with Crippen molar-refractivity contribution in [1.29, 1.82) is 0 Å². The number of hydrogen-bond donors (Lipinski definition) is 2. The zero-order valence-corrected chi connectivity index (χ0v) is 15.2. The predicted octanol–water partition coefficient (Wildman–Crippen LogP) is 2.77. The Morgan fingerprint density at radius 2 is 1.52 bits per heavy atom. The van der Waals surface area contributed by atoms with Crippen LogP contribution in [0.2, 0.25) is 0 Å². The lowest BCUT2D eigenvalue weighted by molar-refractivity contribution is -0.151. The fraction of sp³-hybridized carbons (Fsp3) is 0.250. The second-order valence-electron chi connectivity index (χ2n) is 6.06. The minimum Gasteiger partial charge on any atom is -0.456 e. The number of nitrogens with one attached hydrogen (secondary N) is 2. The summed E-state index contributed by atoms with van der Waals surface area (Å²) in [6.45, 7) is -2.35. The van der Waals surface area contributed by atoms with Crippen LogP contribution in [0.15, 0.2) is 60.7 Å². The maximum absolute atomic E-state index is 12.4. The van der Waals surface area contributed by atoms with Crippen LogP contribution in [-0.4, -0.2) is 37.1 Å². The van der Waals surface area contributed by atoms with E-state index in [1.165, 1.54) is 0 Å². The van der Waals surface area contributed by atoms with Crippen LogP contribution in [0.4, 0.5) is 13.2 Å². The van der Waals surface area contributed by atoms with Crippen LogP contribution in [-0.2, 0) is 14.3 Å². The third-order valence-electron chi connectivity index (χ3n) is 3.76. The van der Waals surface area contributed by atoms with Gasteiger partial charge in [0.1, 0.15) is 6.54 Å². The highest BCUT2D eigenvalue weighted by Crippen LogP contribution is 2.18. The molecule has 0 aliphatic carbocycles. The van der Waals surface area contributed by atoms with E-state index in [0.29, 0.717) is 11.1 Å². The number of hydrogen-bond acceptors (Lipinski definition) is 4. The molecule has 154 valence electrons. The number of amides is 2. The van der Waals surface area contributed by atoms with Gasteiger partial charge < -0.3 is 15.4 Å². The van der Waals surface area contributed by atoms with Crippen LogP contribution < -0.4 is 10.6 Å². The van der Waals surface area contributed by atoms with Crippen molar-refractivity contribution in [2.45, 2.75) is 18.6 Å². The maximum Gasteiger partial charge on any atom is 0.405 e. The Labute approximate surface area is 165 Å². The molecule has 1 atom stereocenters. The summed E-state index contributed by atoms with van der Waals surface area (Å²) in [5.74, 6) is -2.31. The van der Waals surface area contributed by atoms with Crippen molar-refractivity contribution in [2.75, 3.05) is 13.2 Å². The van der Waals surface area contributed by atoms with E-state index in [0.717, 1.165) is 0 Å². The van der Waals surface area contributed by atoms with Gasteiger partial charge in [-0.1, -0.05) is 48.5 Å². The molecule has 2 aromatic rings. The first-order chi connectivity index (χ1) is 13.7. The molecule has 0 unspecified atom stereocenters. The number of halogens is 3. The summed E-state index contributed by atoms with van der Waals surface area (Å²) in [4.78, 5) is 35.9. The molecule has 0 aromatic heterocycles. The van der Waals surface area contributed by atoms with E-state index in [1.54, 1.807) is 66.0 Å². The molecule has 2 amide bonds. The summed E-state index contributed by atoms with van der Waals surface area (Å²) in [5, 5.41) is 4.33. The van der Waals surface area contributed by atoms with Gasteiger partial charge in [0.2, 0.25) is 0 Å². The Kier molecular flexibility index (Phi) is 7.76. The van der Waals surface area contributed by atoms with Gasteiger partial charge in [0.15, 0.2) is 6.61 Å². The summed E-state index contributed by atoms with van der Waals surface area (Å²) in [6, 6.07) is 16.3. The van der Waals surface area contributed by atoms with E-state index in [4.69, 9.17) is 4.74 Å². The minimum atomic E-state index is -4.56. The predicted molar refractivity (Wildman–Crippen MR) is 97.7 cm³/mol. The standard InChI is InChI=1S/C20H19F3N2O4/c21-20(22,23)13-24-17(26)12-29-18(27)11-16(14-7-3-1-4-8-14)25-19(28)15-9-5-2-6-10-15/h1-10,16H,11-13H2,(H,24,26)(H,25,28)/t16-/m0/s1. The number of carbonyl (C=O) groups excluding carboxylic acids is 3. The Hall–Kier alpha value is -3.36. The van der Waals surface area contributed by atoms with E-state index in [2.05, 4.69) is 5.32 Å². The molecule has 2 N–H and O–H groups in total. The number of rotatable bonds is 8. The Morgan fingerprint density at radius 3 is 2.10 bits per heavy atom. The zero-order valence-electron chi connectivity index (χ0n) is 15.2. The van der Waals surface area contributed by atoms with Gasteiger partial charge >= 0.3 is 12.1 Å². The highest BCUT2D eigenvalue weighted by molar-refractivity contribution is 5.94. The van der Waals surface area contributed by atoms with Crippen molar-refractivity contribution < 1.29 is 32.3 Å². The number of ether oxygens (including phenoxy) is 1. The topological polar surface area (TPSA) is 84.5 Å². The van der Waals surface area contributed by atoms with Crippen molar-refractivity contribution in [3.63, 3.8) is 0 Å². The fourth-order valence-corrected chi connectivity index (χ4v) is 2.39. The van der Waals surface area contributed by atoms with Crippen LogP contribution in [0.5, 0.6) is 0 Å². The second-order valence-corrected chi connectivity index (χ2v) is 6.06. The molecule has 0 aliphatic heterocycles. The minimum absolute atomic E-state index is 0.296. The van der Waals surface area contributed by atoms with Gasteiger partial charge in [0.25, 0.3) is 11.8 Å². The van der Waals surface area contributed by atoms with Crippen LogP contribution in [0.1, 0.15) is 28.4 Å². The number of alkyl halides is 3. The van der Waals surface area contributed by atoms with E-state index < -0.39 is 43.2 Å². The normalized spacial score (nSPS) is 12.0. The summed E-state index contributed by atoms with van der Waals surface area (Å²) < 4.78 is 41.0. The average molecular weight is 408 g/mol. The first kappa shape index (κ1) is 21.9. The molecule has 0 radical (unpaired) electrons. The molecule has 0 bridgehead atoms. The largest absolute Gasteiger partial charge is 0.456 e. The first-order valence-electron chi connectivity index (χ1n) is 8.64. The van der Waals surface area contributed by atoms with Crippen molar-refractivity contribution in [3.8, 4) is 0 Å². The van der Waals surface area contributed by atoms with Gasteiger partial charge in [0.05, 0.1) is 12.5 Å². The lowest BCUT2D eigenvalue weighted by Crippen LogP contribution is -2.37. The summed E-state index contributed by atoms with van der Waals surface area (Å²) in [5.41, 5.74) is 1.03. The molecule has 0 saturated carbocycles. The van der Waals surface area contributed by atoms with Gasteiger partial charge in [-0.15, -0.1) is 0 Å². The van der Waals surface area contributed by atoms with Gasteiger partial charge in [-0.05, 0) is 17.7 Å². The SMILES string of the molecule is O=C(COC(=O)C[C@H](NC(=O)c1ccccc1)c1ccccc1)NCC(F)(F)F. The second kappa shape index (κ2) is 10.3. The molecule has 6 nitrogen and oxygen atoms in total. The molecule has 9 heteroatoms. The van der Waals surface area contributed by atoms with Crippen LogP contribution >= 0.6 is 0 Å². The maximum atomic E-state index is 12.4. The van der Waals surface area contributed by atoms with E-state index in [-0.39, 0.29) is 6.42 Å². The molecule has 0 saturated heterocycles. The zero-order chi connectivity index (χ0) is 21.3. The molecule has 0 heterocycles. The lowest BCUT2D eigenvalue weighted by atomic mass is 10.0. The van der Waals surface area contributed by atoms with Crippen molar-refractivity contribution >= 4 is 17.8 Å². The van der Waals surface area contributed by atoms with Gasteiger partial charge in [0, 0.05) is 5.56 Å². The number of esters is 1.